The number of piperidine rings is 1. The molecule has 0 bridgehead atoms. The Morgan fingerprint density at radius 1 is 1.43 bits per heavy atom. The fourth-order valence-electron chi connectivity index (χ4n) is 2.29. The van der Waals surface area contributed by atoms with Crippen LogP contribution in [0.4, 0.5) is 0 Å². The molecule has 1 aliphatic heterocycles. The van der Waals surface area contributed by atoms with Crippen molar-refractivity contribution in [3.05, 3.63) is 0 Å². The summed E-state index contributed by atoms with van der Waals surface area (Å²) in [5.74, 6) is 1.31. The number of nitrogens with two attached hydrogens (primary N) is 1. The van der Waals surface area contributed by atoms with E-state index in [0.29, 0.717) is 5.91 Å². The number of hydrogen-bond acceptors (Lipinski definition) is 2. The van der Waals surface area contributed by atoms with Crippen molar-refractivity contribution in [2.24, 2.45) is 17.6 Å². The summed E-state index contributed by atoms with van der Waals surface area (Å²) in [6.45, 7) is 4.15. The van der Waals surface area contributed by atoms with E-state index in [4.69, 9.17) is 5.73 Å². The predicted octanol–water partition coefficient (Wildman–Crippen LogP) is 0.982. The van der Waals surface area contributed by atoms with E-state index in [1.54, 1.807) is 0 Å². The van der Waals surface area contributed by atoms with Crippen LogP contribution in [0.1, 0.15) is 32.6 Å². The molecule has 0 radical (unpaired) electrons. The molecule has 3 heteroatoms. The number of likely N-dealkylation sites (tertiary alicyclic amines) is 1. The summed E-state index contributed by atoms with van der Waals surface area (Å²) in [4.78, 5) is 13.8. The third-order valence-electron chi connectivity index (χ3n) is 3.66. The first kappa shape index (κ1) is 9.97. The van der Waals surface area contributed by atoms with Crippen LogP contribution in [0.25, 0.3) is 0 Å². The number of carbonyl (C=O) groups excluding carboxylic acids is 1. The molecule has 2 N–H and O–H groups in total. The highest BCUT2D eigenvalue weighted by Crippen LogP contribution is 2.31. The van der Waals surface area contributed by atoms with Crippen LogP contribution in [0.2, 0.25) is 0 Å². The van der Waals surface area contributed by atoms with E-state index in [1.165, 1.54) is 19.3 Å². The molecular weight excluding hydrogens is 176 g/mol. The van der Waals surface area contributed by atoms with E-state index in [-0.39, 0.29) is 12.0 Å². The van der Waals surface area contributed by atoms with Gasteiger partial charge in [0.1, 0.15) is 0 Å². The quantitative estimate of drug-likeness (QED) is 0.715. The van der Waals surface area contributed by atoms with Crippen molar-refractivity contribution >= 4 is 5.91 Å². The van der Waals surface area contributed by atoms with Gasteiger partial charge in [0.15, 0.2) is 0 Å². The summed E-state index contributed by atoms with van der Waals surface area (Å²) in [5.41, 5.74) is 5.68. The Balaban J connectivity index is 1.80. The lowest BCUT2D eigenvalue weighted by Gasteiger charge is -2.31. The average molecular weight is 196 g/mol. The zero-order chi connectivity index (χ0) is 10.1. The molecule has 2 aliphatic rings. The summed E-state index contributed by atoms with van der Waals surface area (Å²) in [5, 5.41) is 0. The highest BCUT2D eigenvalue weighted by Gasteiger charge is 2.42. The van der Waals surface area contributed by atoms with Gasteiger partial charge in [0.05, 0.1) is 5.92 Å². The summed E-state index contributed by atoms with van der Waals surface area (Å²) in [7, 11) is 0. The van der Waals surface area contributed by atoms with E-state index in [1.807, 2.05) is 4.90 Å². The van der Waals surface area contributed by atoms with Crippen molar-refractivity contribution in [3.63, 3.8) is 0 Å². The minimum absolute atomic E-state index is 0.159. The molecule has 0 spiro atoms. The third kappa shape index (κ3) is 1.92. The largest absolute Gasteiger partial charge is 0.342 e. The molecule has 3 nitrogen and oxygen atoms in total. The van der Waals surface area contributed by atoms with Gasteiger partial charge in [-0.05, 0) is 25.2 Å². The van der Waals surface area contributed by atoms with Crippen LogP contribution >= 0.6 is 0 Å². The first-order valence-corrected chi connectivity index (χ1v) is 5.76. The molecule has 2 unspecified atom stereocenters. The number of nitrogens with zero attached hydrogens (tertiary/aromatic N) is 1. The van der Waals surface area contributed by atoms with Crippen LogP contribution in [0.3, 0.4) is 0 Å². The van der Waals surface area contributed by atoms with Crippen LogP contribution in [-0.4, -0.2) is 29.9 Å². The maximum absolute atomic E-state index is 11.8. The topological polar surface area (TPSA) is 46.3 Å². The van der Waals surface area contributed by atoms with E-state index in [0.717, 1.165) is 25.4 Å². The van der Waals surface area contributed by atoms with Crippen LogP contribution in [0.15, 0.2) is 0 Å². The Morgan fingerprint density at radius 2 is 2.00 bits per heavy atom. The molecule has 1 saturated heterocycles. The average Bonchev–Trinajstić information content (AvgIpc) is 2.95. The number of rotatable bonds is 2. The molecule has 80 valence electrons. The molecule has 0 aromatic rings. The molecule has 1 saturated carbocycles. The van der Waals surface area contributed by atoms with E-state index in [9.17, 15) is 4.79 Å². The summed E-state index contributed by atoms with van der Waals surface area (Å²) in [6, 6.07) is 0.159. The van der Waals surface area contributed by atoms with Crippen LogP contribution in [0, 0.1) is 11.8 Å². The lowest BCUT2D eigenvalue weighted by atomic mass is 9.94. The lowest BCUT2D eigenvalue weighted by Crippen LogP contribution is -2.40. The van der Waals surface area contributed by atoms with Gasteiger partial charge in [-0.1, -0.05) is 13.3 Å². The van der Waals surface area contributed by atoms with Gasteiger partial charge in [-0.15, -0.1) is 0 Å². The van der Waals surface area contributed by atoms with Crippen molar-refractivity contribution < 1.29 is 4.79 Å². The van der Waals surface area contributed by atoms with E-state index >= 15 is 0 Å². The smallest absolute Gasteiger partial charge is 0.227 e. The van der Waals surface area contributed by atoms with Crippen LogP contribution in [-0.2, 0) is 4.79 Å². The molecular formula is C11H20N2O. The van der Waals surface area contributed by atoms with Crippen LogP contribution < -0.4 is 5.73 Å². The molecule has 1 amide bonds. The van der Waals surface area contributed by atoms with Gasteiger partial charge >= 0.3 is 0 Å². The lowest BCUT2D eigenvalue weighted by molar-refractivity contribution is -0.134. The summed E-state index contributed by atoms with van der Waals surface area (Å²) >= 11 is 0. The molecule has 0 aromatic heterocycles. The van der Waals surface area contributed by atoms with Crippen molar-refractivity contribution in [2.75, 3.05) is 13.1 Å². The Kier molecular flexibility index (Phi) is 2.77. The zero-order valence-corrected chi connectivity index (χ0v) is 8.91. The summed E-state index contributed by atoms with van der Waals surface area (Å²) < 4.78 is 0. The van der Waals surface area contributed by atoms with Gasteiger partial charge in [-0.3, -0.25) is 4.79 Å². The van der Waals surface area contributed by atoms with Crippen molar-refractivity contribution in [1.29, 1.82) is 0 Å². The minimum Gasteiger partial charge on any atom is -0.342 e. The second kappa shape index (κ2) is 3.89. The number of amides is 1. The predicted molar refractivity (Wildman–Crippen MR) is 55.7 cm³/mol. The Labute approximate surface area is 85.6 Å². The van der Waals surface area contributed by atoms with E-state index < -0.39 is 0 Å². The number of hydrogen-bond donors (Lipinski definition) is 1. The molecule has 0 aromatic carbocycles. The second-order valence-electron chi connectivity index (χ2n) is 4.68. The fourth-order valence-corrected chi connectivity index (χ4v) is 2.29. The van der Waals surface area contributed by atoms with Crippen LogP contribution in [0.5, 0.6) is 0 Å². The maximum atomic E-state index is 11.8. The van der Waals surface area contributed by atoms with Gasteiger partial charge in [-0.25, -0.2) is 0 Å². The SMILES string of the molecule is CCC1CCN(C(=O)C2CC2N)CC1. The second-order valence-corrected chi connectivity index (χ2v) is 4.68. The maximum Gasteiger partial charge on any atom is 0.227 e. The third-order valence-corrected chi connectivity index (χ3v) is 3.66. The van der Waals surface area contributed by atoms with Gasteiger partial charge in [-0.2, -0.15) is 0 Å². The summed E-state index contributed by atoms with van der Waals surface area (Å²) in [6.07, 6.45) is 4.53. The zero-order valence-electron chi connectivity index (χ0n) is 8.91. The normalized spacial score (nSPS) is 33.1. The van der Waals surface area contributed by atoms with Gasteiger partial charge in [0.2, 0.25) is 5.91 Å². The Hall–Kier alpha value is -0.570. The molecule has 1 aliphatic carbocycles. The van der Waals surface area contributed by atoms with Crippen molar-refractivity contribution in [3.8, 4) is 0 Å². The van der Waals surface area contributed by atoms with Gasteiger partial charge in [0.25, 0.3) is 0 Å². The van der Waals surface area contributed by atoms with Crippen molar-refractivity contribution in [1.82, 2.24) is 4.90 Å². The molecule has 14 heavy (non-hydrogen) atoms. The highest BCUT2D eigenvalue weighted by atomic mass is 16.2. The molecule has 2 fully saturated rings. The standard InChI is InChI=1S/C11H20N2O/c1-2-8-3-5-13(6-4-8)11(14)9-7-10(9)12/h8-10H,2-7,12H2,1H3. The monoisotopic (exact) mass is 196 g/mol. The first-order valence-electron chi connectivity index (χ1n) is 5.76. The molecule has 1 heterocycles. The minimum atomic E-state index is 0.159. The van der Waals surface area contributed by atoms with Crippen molar-refractivity contribution in [2.45, 2.75) is 38.6 Å². The van der Waals surface area contributed by atoms with E-state index in [2.05, 4.69) is 6.92 Å². The Morgan fingerprint density at radius 3 is 2.43 bits per heavy atom. The molecule has 2 atom stereocenters. The number of carbonyl (C=O) groups is 1. The van der Waals surface area contributed by atoms with Gasteiger partial charge in [0, 0.05) is 19.1 Å². The first-order chi connectivity index (χ1) is 6.72. The Bertz CT molecular complexity index is 221. The molecule has 2 rings (SSSR count). The highest BCUT2D eigenvalue weighted by molar-refractivity contribution is 5.82. The fraction of sp³-hybridized carbons (Fsp3) is 0.909. The van der Waals surface area contributed by atoms with Gasteiger partial charge < -0.3 is 10.6 Å².